The van der Waals surface area contributed by atoms with Gasteiger partial charge in [-0.1, -0.05) is 6.92 Å². The predicted octanol–water partition coefficient (Wildman–Crippen LogP) is 1.42. The highest BCUT2D eigenvalue weighted by molar-refractivity contribution is 5.82. The van der Waals surface area contributed by atoms with E-state index in [1.165, 1.54) is 20.0 Å². The van der Waals surface area contributed by atoms with E-state index in [0.29, 0.717) is 18.3 Å². The van der Waals surface area contributed by atoms with Crippen molar-refractivity contribution in [3.8, 4) is 0 Å². The Kier molecular flexibility index (Phi) is 6.99. The van der Waals surface area contributed by atoms with Gasteiger partial charge in [0.1, 0.15) is 6.54 Å². The maximum atomic E-state index is 12.4. The Bertz CT molecular complexity index is 325. The first kappa shape index (κ1) is 17.0. The van der Waals surface area contributed by atoms with E-state index in [-0.39, 0.29) is 24.5 Å². The summed E-state index contributed by atoms with van der Waals surface area (Å²) in [5.74, 6) is 0.580. The molecule has 0 aromatic rings. The van der Waals surface area contributed by atoms with E-state index in [2.05, 4.69) is 17.0 Å². The zero-order valence-corrected chi connectivity index (χ0v) is 13.1. The maximum Gasteiger partial charge on any atom is 0.325 e. The number of carbonyl (C=O) groups excluding carboxylic acids is 2. The zero-order chi connectivity index (χ0) is 15.1. The molecule has 5 nitrogen and oxygen atoms in total. The van der Waals surface area contributed by atoms with Crippen molar-refractivity contribution >= 4 is 11.9 Å². The van der Waals surface area contributed by atoms with Crippen LogP contribution in [-0.4, -0.2) is 49.6 Å². The van der Waals surface area contributed by atoms with Crippen LogP contribution in [0.4, 0.5) is 0 Å². The molecule has 0 aliphatic carbocycles. The van der Waals surface area contributed by atoms with Crippen LogP contribution < -0.4 is 5.32 Å². The first-order valence-corrected chi connectivity index (χ1v) is 7.52. The summed E-state index contributed by atoms with van der Waals surface area (Å²) in [4.78, 5) is 25.4. The van der Waals surface area contributed by atoms with Crippen LogP contribution >= 0.6 is 0 Å². The van der Waals surface area contributed by atoms with E-state index in [9.17, 15) is 9.59 Å². The van der Waals surface area contributed by atoms with Crippen molar-refractivity contribution in [2.24, 2.45) is 11.8 Å². The number of ether oxygens (including phenoxy) is 1. The van der Waals surface area contributed by atoms with Crippen LogP contribution in [0.25, 0.3) is 0 Å². The Labute approximate surface area is 122 Å². The third-order valence-corrected chi connectivity index (χ3v) is 4.11. The number of hydrogen-bond donors (Lipinski definition) is 1. The van der Waals surface area contributed by atoms with Gasteiger partial charge in [0.2, 0.25) is 5.91 Å². The van der Waals surface area contributed by atoms with Crippen LogP contribution in [0.3, 0.4) is 0 Å². The van der Waals surface area contributed by atoms with Crippen molar-refractivity contribution in [1.82, 2.24) is 10.2 Å². The molecular weight excluding hydrogens is 256 g/mol. The van der Waals surface area contributed by atoms with E-state index in [1.54, 1.807) is 4.90 Å². The van der Waals surface area contributed by atoms with Crippen molar-refractivity contribution < 1.29 is 14.3 Å². The van der Waals surface area contributed by atoms with Gasteiger partial charge in [-0.3, -0.25) is 9.59 Å². The summed E-state index contributed by atoms with van der Waals surface area (Å²) in [5, 5.41) is 3.38. The Morgan fingerprint density at radius 1 is 1.35 bits per heavy atom. The molecule has 1 aliphatic rings. The lowest BCUT2D eigenvalue weighted by Crippen LogP contribution is -2.43. The molecule has 1 rings (SSSR count). The van der Waals surface area contributed by atoms with Gasteiger partial charge in [-0.05, 0) is 51.6 Å². The Morgan fingerprint density at radius 3 is 2.55 bits per heavy atom. The van der Waals surface area contributed by atoms with Gasteiger partial charge in [-0.2, -0.15) is 0 Å². The standard InChI is InChI=1S/C15H28N2O3/c1-11(2)17(10-15(19)20-4)14(18)8-12(3)13-6-5-7-16-9-13/h11-13,16H,5-10H2,1-4H3. The molecule has 1 amide bonds. The lowest BCUT2D eigenvalue weighted by molar-refractivity contribution is -0.148. The molecule has 116 valence electrons. The van der Waals surface area contributed by atoms with Crippen LogP contribution in [0.1, 0.15) is 40.0 Å². The van der Waals surface area contributed by atoms with Crippen molar-refractivity contribution in [3.05, 3.63) is 0 Å². The molecule has 0 aromatic carbocycles. The van der Waals surface area contributed by atoms with Gasteiger partial charge in [0.05, 0.1) is 7.11 Å². The highest BCUT2D eigenvalue weighted by Crippen LogP contribution is 2.23. The zero-order valence-electron chi connectivity index (χ0n) is 13.1. The minimum absolute atomic E-state index is 0.0123. The van der Waals surface area contributed by atoms with Gasteiger partial charge in [0, 0.05) is 12.5 Å². The molecular formula is C15H28N2O3. The minimum Gasteiger partial charge on any atom is -0.468 e. The van der Waals surface area contributed by atoms with Gasteiger partial charge in [0.15, 0.2) is 0 Å². The normalized spacial score (nSPS) is 20.6. The molecule has 0 bridgehead atoms. The van der Waals surface area contributed by atoms with Gasteiger partial charge in [-0.15, -0.1) is 0 Å². The van der Waals surface area contributed by atoms with Crippen molar-refractivity contribution in [2.45, 2.75) is 46.1 Å². The van der Waals surface area contributed by atoms with Gasteiger partial charge >= 0.3 is 5.97 Å². The molecule has 2 unspecified atom stereocenters. The van der Waals surface area contributed by atoms with Crippen molar-refractivity contribution in [2.75, 3.05) is 26.7 Å². The van der Waals surface area contributed by atoms with Crippen LogP contribution in [0.2, 0.25) is 0 Å². The number of rotatable bonds is 6. The van der Waals surface area contributed by atoms with E-state index in [1.807, 2.05) is 13.8 Å². The first-order chi connectivity index (χ1) is 9.45. The Hall–Kier alpha value is -1.10. The molecule has 0 radical (unpaired) electrons. The minimum atomic E-state index is -0.362. The number of hydrogen-bond acceptors (Lipinski definition) is 4. The molecule has 20 heavy (non-hydrogen) atoms. The molecule has 1 aliphatic heterocycles. The first-order valence-electron chi connectivity index (χ1n) is 7.52. The number of methoxy groups -OCH3 is 1. The molecule has 5 heteroatoms. The molecule has 1 saturated heterocycles. The Morgan fingerprint density at radius 2 is 2.05 bits per heavy atom. The number of amides is 1. The summed E-state index contributed by atoms with van der Waals surface area (Å²) < 4.78 is 4.66. The molecule has 1 heterocycles. The summed E-state index contributed by atoms with van der Waals surface area (Å²) in [7, 11) is 1.35. The summed E-state index contributed by atoms with van der Waals surface area (Å²) in [6.45, 7) is 8.10. The monoisotopic (exact) mass is 284 g/mol. The Balaban J connectivity index is 2.53. The number of carbonyl (C=O) groups is 2. The van der Waals surface area contributed by atoms with E-state index in [0.717, 1.165) is 13.1 Å². The summed E-state index contributed by atoms with van der Waals surface area (Å²) >= 11 is 0. The molecule has 1 fully saturated rings. The van der Waals surface area contributed by atoms with Gasteiger partial charge in [0.25, 0.3) is 0 Å². The van der Waals surface area contributed by atoms with Gasteiger partial charge in [-0.25, -0.2) is 0 Å². The quantitative estimate of drug-likeness (QED) is 0.750. The molecule has 0 saturated carbocycles. The van der Waals surface area contributed by atoms with Gasteiger partial charge < -0.3 is 15.0 Å². The highest BCUT2D eigenvalue weighted by Gasteiger charge is 2.26. The second kappa shape index (κ2) is 8.25. The third-order valence-electron chi connectivity index (χ3n) is 4.11. The largest absolute Gasteiger partial charge is 0.468 e. The summed E-state index contributed by atoms with van der Waals surface area (Å²) in [5.41, 5.74) is 0. The predicted molar refractivity (Wildman–Crippen MR) is 78.2 cm³/mol. The number of piperidine rings is 1. The second-order valence-corrected chi connectivity index (χ2v) is 5.98. The van der Waals surface area contributed by atoms with Crippen LogP contribution in [0.5, 0.6) is 0 Å². The maximum absolute atomic E-state index is 12.4. The topological polar surface area (TPSA) is 58.6 Å². The fraction of sp³-hybridized carbons (Fsp3) is 0.867. The van der Waals surface area contributed by atoms with Crippen molar-refractivity contribution in [3.63, 3.8) is 0 Å². The number of nitrogens with one attached hydrogen (secondary N) is 1. The number of esters is 1. The average Bonchev–Trinajstić information content (AvgIpc) is 2.44. The van der Waals surface area contributed by atoms with E-state index < -0.39 is 0 Å². The summed E-state index contributed by atoms with van der Waals surface area (Å²) in [6, 6.07) is 0.0123. The van der Waals surface area contributed by atoms with Crippen LogP contribution in [0.15, 0.2) is 0 Å². The average molecular weight is 284 g/mol. The van der Waals surface area contributed by atoms with Crippen LogP contribution in [-0.2, 0) is 14.3 Å². The van der Waals surface area contributed by atoms with Crippen LogP contribution in [0, 0.1) is 11.8 Å². The van der Waals surface area contributed by atoms with E-state index in [4.69, 9.17) is 0 Å². The molecule has 1 N–H and O–H groups in total. The smallest absolute Gasteiger partial charge is 0.325 e. The lowest BCUT2D eigenvalue weighted by atomic mass is 9.85. The third kappa shape index (κ3) is 5.12. The molecule has 0 spiro atoms. The molecule has 2 atom stereocenters. The fourth-order valence-electron chi connectivity index (χ4n) is 2.69. The highest BCUT2D eigenvalue weighted by atomic mass is 16.5. The fourth-order valence-corrected chi connectivity index (χ4v) is 2.69. The number of nitrogens with zero attached hydrogens (tertiary/aromatic N) is 1. The van der Waals surface area contributed by atoms with Crippen molar-refractivity contribution in [1.29, 1.82) is 0 Å². The SMILES string of the molecule is COC(=O)CN(C(=O)CC(C)C1CCCNC1)C(C)C. The lowest BCUT2D eigenvalue weighted by Gasteiger charge is -2.31. The second-order valence-electron chi connectivity index (χ2n) is 5.98. The van der Waals surface area contributed by atoms with E-state index >= 15 is 0 Å². The summed E-state index contributed by atoms with van der Waals surface area (Å²) in [6.07, 6.45) is 2.86. The molecule has 0 aromatic heterocycles.